The zero-order valence-corrected chi connectivity index (χ0v) is 14.2. The van der Waals surface area contributed by atoms with Gasteiger partial charge in [0, 0.05) is 43.1 Å². The number of nitrogens with one attached hydrogen (secondary N) is 1. The molecule has 23 heavy (non-hydrogen) atoms. The monoisotopic (exact) mass is 330 g/mol. The van der Waals surface area contributed by atoms with Crippen molar-refractivity contribution < 1.29 is 4.79 Å². The third-order valence-electron chi connectivity index (χ3n) is 5.44. The molecule has 0 unspecified atom stereocenters. The van der Waals surface area contributed by atoms with Gasteiger partial charge in [0.2, 0.25) is 0 Å². The van der Waals surface area contributed by atoms with E-state index in [1.165, 1.54) is 11.4 Å². The van der Waals surface area contributed by atoms with Gasteiger partial charge in [0.25, 0.3) is 5.91 Å². The summed E-state index contributed by atoms with van der Waals surface area (Å²) in [6, 6.07) is 2.50. The van der Waals surface area contributed by atoms with Crippen LogP contribution in [0.1, 0.15) is 34.6 Å². The third kappa shape index (κ3) is 2.81. The van der Waals surface area contributed by atoms with Gasteiger partial charge in [0.05, 0.1) is 12.1 Å². The molecule has 3 heterocycles. The molecule has 1 spiro atoms. The van der Waals surface area contributed by atoms with Gasteiger partial charge in [0.1, 0.15) is 5.01 Å². The SMILES string of the molecule is CN(Cc1nccs1)[C@@H]1CC12CCN(C(=O)c1cc[nH]c1)CC2. The van der Waals surface area contributed by atoms with Crippen LogP contribution >= 0.6 is 11.3 Å². The summed E-state index contributed by atoms with van der Waals surface area (Å²) in [5.74, 6) is 0.162. The van der Waals surface area contributed by atoms with E-state index in [9.17, 15) is 4.79 Å². The number of H-pyrrole nitrogens is 1. The molecule has 0 aromatic carbocycles. The third-order valence-corrected chi connectivity index (χ3v) is 6.20. The quantitative estimate of drug-likeness (QED) is 0.937. The molecule has 6 heteroatoms. The molecular formula is C17H22N4OS. The molecular weight excluding hydrogens is 308 g/mol. The van der Waals surface area contributed by atoms with Crippen molar-refractivity contribution >= 4 is 17.2 Å². The molecule has 122 valence electrons. The summed E-state index contributed by atoms with van der Waals surface area (Å²) in [4.78, 5) is 24.2. The normalized spacial score (nSPS) is 22.7. The zero-order chi connectivity index (χ0) is 15.9. The second-order valence-corrected chi connectivity index (χ2v) is 7.79. The second-order valence-electron chi connectivity index (χ2n) is 6.82. The molecule has 2 aliphatic rings. The molecule has 4 rings (SSSR count). The Morgan fingerprint density at radius 1 is 1.52 bits per heavy atom. The minimum Gasteiger partial charge on any atom is -0.367 e. The predicted octanol–water partition coefficient (Wildman–Crippen LogP) is 2.60. The van der Waals surface area contributed by atoms with Crippen LogP contribution < -0.4 is 0 Å². The van der Waals surface area contributed by atoms with Crippen LogP contribution in [0.5, 0.6) is 0 Å². The van der Waals surface area contributed by atoms with Crippen molar-refractivity contribution in [3.8, 4) is 0 Å². The number of aromatic nitrogens is 2. The number of likely N-dealkylation sites (tertiary alicyclic amines) is 1. The highest BCUT2D eigenvalue weighted by atomic mass is 32.1. The van der Waals surface area contributed by atoms with E-state index >= 15 is 0 Å². The minimum absolute atomic E-state index is 0.162. The van der Waals surface area contributed by atoms with Crippen LogP contribution in [-0.2, 0) is 6.54 Å². The summed E-state index contributed by atoms with van der Waals surface area (Å²) in [6.45, 7) is 2.70. The van der Waals surface area contributed by atoms with Gasteiger partial charge in [-0.15, -0.1) is 11.3 Å². The van der Waals surface area contributed by atoms with Crippen LogP contribution in [-0.4, -0.2) is 51.9 Å². The molecule has 0 bridgehead atoms. The van der Waals surface area contributed by atoms with Gasteiger partial charge in [-0.3, -0.25) is 9.69 Å². The van der Waals surface area contributed by atoms with E-state index in [4.69, 9.17) is 0 Å². The fraction of sp³-hybridized carbons (Fsp3) is 0.529. The van der Waals surface area contributed by atoms with E-state index in [1.54, 1.807) is 17.5 Å². The molecule has 5 nitrogen and oxygen atoms in total. The van der Waals surface area contributed by atoms with Crippen molar-refractivity contribution in [3.05, 3.63) is 40.6 Å². The van der Waals surface area contributed by atoms with Gasteiger partial charge in [-0.05, 0) is 37.8 Å². The van der Waals surface area contributed by atoms with E-state index in [1.807, 2.05) is 28.7 Å². The summed E-state index contributed by atoms with van der Waals surface area (Å²) >= 11 is 1.73. The maximum absolute atomic E-state index is 12.4. The van der Waals surface area contributed by atoms with Crippen molar-refractivity contribution in [1.82, 2.24) is 19.8 Å². The Hall–Kier alpha value is -1.66. The summed E-state index contributed by atoms with van der Waals surface area (Å²) in [7, 11) is 2.21. The summed E-state index contributed by atoms with van der Waals surface area (Å²) < 4.78 is 0. The number of carbonyl (C=O) groups is 1. The van der Waals surface area contributed by atoms with Gasteiger partial charge >= 0.3 is 0 Å². The summed E-state index contributed by atoms with van der Waals surface area (Å²) in [5.41, 5.74) is 1.20. The molecule has 1 aliphatic heterocycles. The Balaban J connectivity index is 1.32. The van der Waals surface area contributed by atoms with Crippen molar-refractivity contribution in [3.63, 3.8) is 0 Å². The predicted molar refractivity (Wildman–Crippen MR) is 90.3 cm³/mol. The first-order chi connectivity index (χ1) is 11.2. The summed E-state index contributed by atoms with van der Waals surface area (Å²) in [5, 5.41) is 3.23. The number of thiazole rings is 1. The standard InChI is InChI=1S/C17H22N4OS/c1-20(12-15-19-6-9-23-15)14-10-17(14)3-7-21(8-4-17)16(22)13-2-5-18-11-13/h2,5-6,9,11,14,18H,3-4,7-8,10,12H2,1H3/t14-/m1/s1. The number of piperidine rings is 1. The molecule has 1 N–H and O–H groups in total. The molecule has 1 amide bonds. The van der Waals surface area contributed by atoms with Gasteiger partial charge in [-0.25, -0.2) is 4.98 Å². The van der Waals surface area contributed by atoms with E-state index in [-0.39, 0.29) is 5.91 Å². The Bertz CT molecular complexity index is 659. The van der Waals surface area contributed by atoms with Gasteiger partial charge in [-0.1, -0.05) is 0 Å². The first kappa shape index (κ1) is 14.9. The van der Waals surface area contributed by atoms with Crippen molar-refractivity contribution in [2.75, 3.05) is 20.1 Å². The topological polar surface area (TPSA) is 52.2 Å². The van der Waals surface area contributed by atoms with Crippen LogP contribution in [0.25, 0.3) is 0 Å². The molecule has 1 saturated heterocycles. The molecule has 0 radical (unpaired) electrons. The molecule has 1 aliphatic carbocycles. The molecule has 1 saturated carbocycles. The van der Waals surface area contributed by atoms with Crippen LogP contribution in [0.2, 0.25) is 0 Å². The van der Waals surface area contributed by atoms with Gasteiger partial charge < -0.3 is 9.88 Å². The number of aromatic amines is 1. The lowest BCUT2D eigenvalue weighted by Crippen LogP contribution is -2.41. The minimum atomic E-state index is 0.162. The first-order valence-electron chi connectivity index (χ1n) is 8.19. The molecule has 2 aromatic rings. The lowest BCUT2D eigenvalue weighted by atomic mass is 9.92. The lowest BCUT2D eigenvalue weighted by molar-refractivity contribution is 0.0658. The Morgan fingerprint density at radius 2 is 2.35 bits per heavy atom. The van der Waals surface area contributed by atoms with E-state index in [0.717, 1.165) is 38.0 Å². The maximum atomic E-state index is 12.4. The first-order valence-corrected chi connectivity index (χ1v) is 9.07. The Kier molecular flexibility index (Phi) is 3.73. The van der Waals surface area contributed by atoms with Gasteiger partial charge in [-0.2, -0.15) is 0 Å². The number of amides is 1. The average molecular weight is 330 g/mol. The van der Waals surface area contributed by atoms with Crippen molar-refractivity contribution in [1.29, 1.82) is 0 Å². The number of hydrogen-bond donors (Lipinski definition) is 1. The maximum Gasteiger partial charge on any atom is 0.255 e. The molecule has 1 atom stereocenters. The highest BCUT2D eigenvalue weighted by molar-refractivity contribution is 7.09. The highest BCUT2D eigenvalue weighted by Gasteiger charge is 2.56. The number of hydrogen-bond acceptors (Lipinski definition) is 4. The Morgan fingerprint density at radius 3 is 3.00 bits per heavy atom. The number of rotatable bonds is 4. The summed E-state index contributed by atoms with van der Waals surface area (Å²) in [6.07, 6.45) is 8.98. The van der Waals surface area contributed by atoms with Crippen LogP contribution in [0.4, 0.5) is 0 Å². The number of nitrogens with zero attached hydrogens (tertiary/aromatic N) is 3. The van der Waals surface area contributed by atoms with Crippen LogP contribution in [0.3, 0.4) is 0 Å². The fourth-order valence-electron chi connectivity index (χ4n) is 3.94. The van der Waals surface area contributed by atoms with Crippen molar-refractivity contribution in [2.24, 2.45) is 5.41 Å². The fourth-order valence-corrected chi connectivity index (χ4v) is 4.61. The average Bonchev–Trinajstić information content (AvgIpc) is 2.99. The Labute approximate surface area is 140 Å². The van der Waals surface area contributed by atoms with E-state index in [2.05, 4.69) is 21.9 Å². The highest BCUT2D eigenvalue weighted by Crippen LogP contribution is 2.56. The zero-order valence-electron chi connectivity index (χ0n) is 13.4. The van der Waals surface area contributed by atoms with E-state index < -0.39 is 0 Å². The van der Waals surface area contributed by atoms with Crippen LogP contribution in [0.15, 0.2) is 30.0 Å². The molecule has 2 fully saturated rings. The van der Waals surface area contributed by atoms with Gasteiger partial charge in [0.15, 0.2) is 0 Å². The smallest absolute Gasteiger partial charge is 0.255 e. The molecule has 2 aromatic heterocycles. The van der Waals surface area contributed by atoms with Crippen LogP contribution in [0, 0.1) is 5.41 Å². The number of carbonyl (C=O) groups excluding carboxylic acids is 1. The van der Waals surface area contributed by atoms with E-state index in [0.29, 0.717) is 11.5 Å². The van der Waals surface area contributed by atoms with Crippen molar-refractivity contribution in [2.45, 2.75) is 31.8 Å². The second kappa shape index (κ2) is 5.76. The largest absolute Gasteiger partial charge is 0.367 e. The lowest BCUT2D eigenvalue weighted by Gasteiger charge is -2.34.